The van der Waals surface area contributed by atoms with Gasteiger partial charge in [0.05, 0.1) is 17.7 Å². The topological polar surface area (TPSA) is 38.8 Å². The summed E-state index contributed by atoms with van der Waals surface area (Å²) in [5, 5.41) is 0. The maximum Gasteiger partial charge on any atom is 0.309 e. The minimum absolute atomic E-state index is 0.245. The molecular weight excluding hydrogens is 326 g/mol. The van der Waals surface area contributed by atoms with Crippen molar-refractivity contribution in [3.05, 3.63) is 60.2 Å². The van der Waals surface area contributed by atoms with Gasteiger partial charge in [0, 0.05) is 12.1 Å². The van der Waals surface area contributed by atoms with Gasteiger partial charge in [0.2, 0.25) is 0 Å². The molecule has 0 fully saturated rings. The lowest BCUT2D eigenvalue weighted by atomic mass is 10.1. The summed E-state index contributed by atoms with van der Waals surface area (Å²) in [6, 6.07) is 18.1. The van der Waals surface area contributed by atoms with Crippen molar-refractivity contribution in [3.8, 4) is 0 Å². The van der Waals surface area contributed by atoms with Crippen molar-refractivity contribution < 1.29 is 14.3 Å². The number of carbonyl (C=O) groups is 1. The summed E-state index contributed by atoms with van der Waals surface area (Å²) in [5.74, 6) is -1.43. The van der Waals surface area contributed by atoms with Crippen molar-refractivity contribution in [2.75, 3.05) is 4.90 Å². The van der Waals surface area contributed by atoms with E-state index in [0.717, 1.165) is 23.4 Å². The smallest absolute Gasteiger partial charge is 0.309 e. The lowest BCUT2D eigenvalue weighted by Crippen LogP contribution is -2.54. The molecule has 0 saturated carbocycles. The summed E-state index contributed by atoms with van der Waals surface area (Å²) in [4.78, 5) is 14.5. The molecule has 1 aliphatic heterocycles. The highest BCUT2D eigenvalue weighted by atomic mass is 16.7. The first kappa shape index (κ1) is 18.5. The van der Waals surface area contributed by atoms with Crippen LogP contribution >= 0.6 is 0 Å². The van der Waals surface area contributed by atoms with E-state index < -0.39 is 11.5 Å². The first-order chi connectivity index (χ1) is 12.3. The third kappa shape index (κ3) is 3.75. The Hall–Kier alpha value is -2.33. The van der Waals surface area contributed by atoms with Gasteiger partial charge in [-0.1, -0.05) is 43.3 Å². The molecule has 4 nitrogen and oxygen atoms in total. The van der Waals surface area contributed by atoms with E-state index in [1.54, 1.807) is 0 Å². The van der Waals surface area contributed by atoms with Crippen molar-refractivity contribution in [2.45, 2.75) is 58.5 Å². The number of rotatable bonds is 5. The van der Waals surface area contributed by atoms with E-state index in [-0.39, 0.29) is 5.97 Å². The summed E-state index contributed by atoms with van der Waals surface area (Å²) in [7, 11) is 0. The van der Waals surface area contributed by atoms with Crippen LogP contribution in [0.2, 0.25) is 0 Å². The van der Waals surface area contributed by atoms with Gasteiger partial charge in [0.25, 0.3) is 0 Å². The first-order valence-electron chi connectivity index (χ1n) is 9.20. The second-order valence-electron chi connectivity index (χ2n) is 7.63. The SMILES string of the molecule is CCCC(=O)OC1(OC(C)(C)C)Cc2ccccc2N1c1ccccc1. The van der Waals surface area contributed by atoms with Gasteiger partial charge in [-0.2, -0.15) is 0 Å². The average molecular weight is 353 g/mol. The van der Waals surface area contributed by atoms with E-state index in [1.807, 2.05) is 81.1 Å². The van der Waals surface area contributed by atoms with Crippen LogP contribution in [0.5, 0.6) is 0 Å². The van der Waals surface area contributed by atoms with Gasteiger partial charge < -0.3 is 9.47 Å². The molecular formula is C22H27NO3. The van der Waals surface area contributed by atoms with Crippen LogP contribution in [0.15, 0.2) is 54.6 Å². The van der Waals surface area contributed by atoms with Gasteiger partial charge >= 0.3 is 11.9 Å². The Morgan fingerprint density at radius 3 is 2.38 bits per heavy atom. The van der Waals surface area contributed by atoms with E-state index in [0.29, 0.717) is 12.8 Å². The molecule has 0 aliphatic carbocycles. The second-order valence-corrected chi connectivity index (χ2v) is 7.63. The predicted molar refractivity (Wildman–Crippen MR) is 103 cm³/mol. The number of para-hydroxylation sites is 2. The first-order valence-corrected chi connectivity index (χ1v) is 9.20. The normalized spacial score (nSPS) is 19.3. The van der Waals surface area contributed by atoms with Crippen LogP contribution in [0, 0.1) is 0 Å². The molecule has 1 heterocycles. The van der Waals surface area contributed by atoms with Crippen LogP contribution in [-0.4, -0.2) is 17.5 Å². The van der Waals surface area contributed by atoms with Gasteiger partial charge in [0.15, 0.2) is 0 Å². The van der Waals surface area contributed by atoms with Crippen LogP contribution in [0.4, 0.5) is 11.4 Å². The average Bonchev–Trinajstić information content (AvgIpc) is 2.86. The number of ether oxygens (including phenoxy) is 2. The molecule has 3 rings (SSSR count). The maximum absolute atomic E-state index is 12.5. The molecule has 0 saturated heterocycles. The summed E-state index contributed by atoms with van der Waals surface area (Å²) >= 11 is 0. The van der Waals surface area contributed by atoms with Crippen LogP contribution in [0.25, 0.3) is 0 Å². The van der Waals surface area contributed by atoms with Crippen molar-refractivity contribution in [3.63, 3.8) is 0 Å². The fourth-order valence-electron chi connectivity index (χ4n) is 3.39. The molecule has 0 radical (unpaired) electrons. The fraction of sp³-hybridized carbons (Fsp3) is 0.409. The quantitative estimate of drug-likeness (QED) is 0.547. The molecule has 1 unspecified atom stereocenters. The molecule has 0 aromatic heterocycles. The van der Waals surface area contributed by atoms with E-state index in [4.69, 9.17) is 9.47 Å². The number of carbonyl (C=O) groups excluding carboxylic acids is 1. The molecule has 26 heavy (non-hydrogen) atoms. The molecule has 2 aromatic carbocycles. The van der Waals surface area contributed by atoms with E-state index in [2.05, 4.69) is 6.07 Å². The van der Waals surface area contributed by atoms with Gasteiger partial charge in [-0.05, 0) is 51.0 Å². The highest BCUT2D eigenvalue weighted by molar-refractivity contribution is 5.75. The molecule has 0 amide bonds. The van der Waals surface area contributed by atoms with Gasteiger partial charge in [-0.25, -0.2) is 0 Å². The largest absolute Gasteiger partial charge is 0.413 e. The van der Waals surface area contributed by atoms with Crippen LogP contribution in [-0.2, 0) is 20.7 Å². The van der Waals surface area contributed by atoms with E-state index in [9.17, 15) is 4.79 Å². The Morgan fingerprint density at radius 2 is 1.73 bits per heavy atom. The summed E-state index contributed by atoms with van der Waals surface area (Å²) in [5.41, 5.74) is 2.56. The second kappa shape index (κ2) is 7.12. The molecule has 2 aromatic rings. The lowest BCUT2D eigenvalue weighted by Gasteiger charge is -2.42. The minimum atomic E-state index is -1.18. The zero-order chi connectivity index (χ0) is 18.8. The van der Waals surface area contributed by atoms with Gasteiger partial charge in [-0.3, -0.25) is 9.69 Å². The zero-order valence-electron chi connectivity index (χ0n) is 16.0. The summed E-state index contributed by atoms with van der Waals surface area (Å²) in [6.07, 6.45) is 1.60. The number of benzene rings is 2. The van der Waals surface area contributed by atoms with Crippen LogP contribution in [0.3, 0.4) is 0 Å². The molecule has 0 spiro atoms. The molecule has 1 aliphatic rings. The molecule has 4 heteroatoms. The number of fused-ring (bicyclic) bond motifs is 1. The Morgan fingerprint density at radius 1 is 1.08 bits per heavy atom. The van der Waals surface area contributed by atoms with E-state index >= 15 is 0 Å². The zero-order valence-corrected chi connectivity index (χ0v) is 16.0. The van der Waals surface area contributed by atoms with Crippen LogP contribution < -0.4 is 4.90 Å². The Labute approximate surface area is 155 Å². The Balaban J connectivity index is 2.12. The fourth-order valence-corrected chi connectivity index (χ4v) is 3.39. The number of nitrogens with zero attached hydrogens (tertiary/aromatic N) is 1. The molecule has 138 valence electrons. The van der Waals surface area contributed by atoms with Gasteiger partial charge in [-0.15, -0.1) is 0 Å². The standard InChI is InChI=1S/C22H27NO3/c1-5-11-20(24)25-22(26-21(2,3)4)16-17-12-9-10-15-19(17)23(22)18-13-7-6-8-14-18/h6-10,12-15H,5,11,16H2,1-4H3. The minimum Gasteiger partial charge on any atom is -0.413 e. The molecule has 0 N–H and O–H groups in total. The number of hydrogen-bond acceptors (Lipinski definition) is 4. The Kier molecular flexibility index (Phi) is 5.05. The van der Waals surface area contributed by atoms with Crippen molar-refractivity contribution in [2.24, 2.45) is 0 Å². The third-order valence-electron chi connectivity index (χ3n) is 4.19. The monoisotopic (exact) mass is 353 g/mol. The number of hydrogen-bond donors (Lipinski definition) is 0. The van der Waals surface area contributed by atoms with Crippen molar-refractivity contribution in [1.82, 2.24) is 0 Å². The third-order valence-corrected chi connectivity index (χ3v) is 4.19. The highest BCUT2D eigenvalue weighted by Crippen LogP contribution is 2.47. The van der Waals surface area contributed by atoms with Crippen LogP contribution in [0.1, 0.15) is 46.1 Å². The number of anilines is 2. The van der Waals surface area contributed by atoms with Crippen molar-refractivity contribution >= 4 is 17.3 Å². The molecule has 1 atom stereocenters. The lowest BCUT2D eigenvalue weighted by molar-refractivity contribution is -0.259. The molecule has 0 bridgehead atoms. The van der Waals surface area contributed by atoms with E-state index in [1.165, 1.54) is 0 Å². The Bertz CT molecular complexity index is 766. The van der Waals surface area contributed by atoms with Crippen molar-refractivity contribution in [1.29, 1.82) is 0 Å². The summed E-state index contributed by atoms with van der Waals surface area (Å²) in [6.45, 7) is 7.91. The maximum atomic E-state index is 12.5. The predicted octanol–water partition coefficient (Wildman–Crippen LogP) is 5.19. The highest BCUT2D eigenvalue weighted by Gasteiger charge is 2.51. The van der Waals surface area contributed by atoms with Gasteiger partial charge in [0.1, 0.15) is 0 Å². The number of esters is 1. The summed E-state index contributed by atoms with van der Waals surface area (Å²) < 4.78 is 12.5.